The lowest BCUT2D eigenvalue weighted by molar-refractivity contribution is 0.0424. The van der Waals surface area contributed by atoms with Crippen molar-refractivity contribution in [1.29, 1.82) is 0 Å². The highest BCUT2D eigenvalue weighted by molar-refractivity contribution is 5.88. The molecular weight excluding hydrogens is 140 g/mol. The molecule has 11 heavy (non-hydrogen) atoms. The summed E-state index contributed by atoms with van der Waals surface area (Å²) in [7, 11) is 3.36. The van der Waals surface area contributed by atoms with Gasteiger partial charge in [0.05, 0.1) is 0 Å². The lowest BCUT2D eigenvalue weighted by Gasteiger charge is -2.29. The Labute approximate surface area is 68.6 Å². The number of methoxy groups -OCH3 is 1. The Morgan fingerprint density at radius 2 is 1.91 bits per heavy atom. The first-order valence-electron chi connectivity index (χ1n) is 3.94. The second kappa shape index (κ2) is 4.34. The number of nitrogens with zero attached hydrogens (tertiary/aromatic N) is 1. The van der Waals surface area contributed by atoms with Gasteiger partial charge in [0, 0.05) is 14.2 Å². The monoisotopic (exact) mass is 158 g/mol. The van der Waals surface area contributed by atoms with Crippen molar-refractivity contribution in [2.45, 2.75) is 32.3 Å². The van der Waals surface area contributed by atoms with Gasteiger partial charge in [-0.1, -0.05) is 13.8 Å². The SMILES string of the molecule is CCC(CC)(OC)C(N)=NC. The third kappa shape index (κ3) is 1.93. The van der Waals surface area contributed by atoms with E-state index in [4.69, 9.17) is 10.5 Å². The number of ether oxygens (including phenoxy) is 1. The van der Waals surface area contributed by atoms with E-state index in [0.717, 1.165) is 12.8 Å². The van der Waals surface area contributed by atoms with Crippen molar-refractivity contribution >= 4 is 5.84 Å². The predicted octanol–water partition coefficient (Wildman–Crippen LogP) is 1.18. The van der Waals surface area contributed by atoms with E-state index in [0.29, 0.717) is 5.84 Å². The van der Waals surface area contributed by atoms with Gasteiger partial charge >= 0.3 is 0 Å². The Hall–Kier alpha value is -0.570. The van der Waals surface area contributed by atoms with Crippen molar-refractivity contribution in [1.82, 2.24) is 0 Å². The summed E-state index contributed by atoms with van der Waals surface area (Å²) >= 11 is 0. The summed E-state index contributed by atoms with van der Waals surface area (Å²) in [4.78, 5) is 3.94. The number of hydrogen-bond donors (Lipinski definition) is 1. The molecule has 66 valence electrons. The summed E-state index contributed by atoms with van der Waals surface area (Å²) in [5.41, 5.74) is 5.37. The molecule has 0 fully saturated rings. The molecule has 0 heterocycles. The highest BCUT2D eigenvalue weighted by Gasteiger charge is 2.29. The quantitative estimate of drug-likeness (QED) is 0.493. The molecule has 0 aliphatic heterocycles. The molecule has 3 heteroatoms. The minimum atomic E-state index is -0.339. The molecule has 0 atom stereocenters. The number of rotatable bonds is 4. The number of amidine groups is 1. The van der Waals surface area contributed by atoms with Crippen LogP contribution in [0.5, 0.6) is 0 Å². The van der Waals surface area contributed by atoms with Gasteiger partial charge in [0.1, 0.15) is 11.4 Å². The molecule has 0 aliphatic carbocycles. The van der Waals surface area contributed by atoms with Crippen molar-refractivity contribution in [3.05, 3.63) is 0 Å². The summed E-state index contributed by atoms with van der Waals surface area (Å²) in [6.45, 7) is 4.09. The second-order valence-electron chi connectivity index (χ2n) is 2.51. The number of aliphatic imine (C=N–C) groups is 1. The van der Waals surface area contributed by atoms with Crippen LogP contribution in [0.4, 0.5) is 0 Å². The molecule has 0 aliphatic rings. The molecule has 0 radical (unpaired) electrons. The van der Waals surface area contributed by atoms with Gasteiger partial charge in [-0.05, 0) is 12.8 Å². The molecule has 0 amide bonds. The molecule has 0 aromatic rings. The fourth-order valence-electron chi connectivity index (χ4n) is 1.21. The van der Waals surface area contributed by atoms with E-state index < -0.39 is 0 Å². The Bertz CT molecular complexity index is 131. The maximum Gasteiger partial charge on any atom is 0.126 e. The van der Waals surface area contributed by atoms with Gasteiger partial charge in [0.15, 0.2) is 0 Å². The molecule has 3 nitrogen and oxygen atoms in total. The lowest BCUT2D eigenvalue weighted by Crippen LogP contribution is -2.44. The van der Waals surface area contributed by atoms with Crippen molar-refractivity contribution in [2.24, 2.45) is 10.7 Å². The summed E-state index contributed by atoms with van der Waals surface area (Å²) in [6, 6.07) is 0. The second-order valence-corrected chi connectivity index (χ2v) is 2.51. The average molecular weight is 158 g/mol. The average Bonchev–Trinajstić information content (AvgIpc) is 2.08. The third-order valence-corrected chi connectivity index (χ3v) is 2.24. The first kappa shape index (κ1) is 10.4. The van der Waals surface area contributed by atoms with Gasteiger partial charge in [0.2, 0.25) is 0 Å². The van der Waals surface area contributed by atoms with Crippen molar-refractivity contribution < 1.29 is 4.74 Å². The topological polar surface area (TPSA) is 47.6 Å². The minimum absolute atomic E-state index is 0.339. The Morgan fingerprint density at radius 1 is 1.45 bits per heavy atom. The van der Waals surface area contributed by atoms with Gasteiger partial charge in [0.25, 0.3) is 0 Å². The summed E-state index contributed by atoms with van der Waals surface area (Å²) in [6.07, 6.45) is 1.73. The van der Waals surface area contributed by atoms with E-state index in [-0.39, 0.29) is 5.60 Å². The zero-order valence-corrected chi connectivity index (χ0v) is 7.85. The van der Waals surface area contributed by atoms with Crippen LogP contribution in [0.2, 0.25) is 0 Å². The standard InChI is InChI=1S/C8H18N2O/c1-5-8(6-2,11-4)7(9)10-3/h5-6H2,1-4H3,(H2,9,10). The van der Waals surface area contributed by atoms with E-state index in [1.54, 1.807) is 14.2 Å². The van der Waals surface area contributed by atoms with Gasteiger partial charge in [-0.25, -0.2) is 0 Å². The van der Waals surface area contributed by atoms with E-state index in [1.165, 1.54) is 0 Å². The molecule has 0 unspecified atom stereocenters. The van der Waals surface area contributed by atoms with Crippen LogP contribution in [-0.2, 0) is 4.74 Å². The Morgan fingerprint density at radius 3 is 2.00 bits per heavy atom. The van der Waals surface area contributed by atoms with Gasteiger partial charge in [-0.15, -0.1) is 0 Å². The van der Waals surface area contributed by atoms with E-state index in [9.17, 15) is 0 Å². The smallest absolute Gasteiger partial charge is 0.126 e. The van der Waals surface area contributed by atoms with Crippen LogP contribution in [0.1, 0.15) is 26.7 Å². The third-order valence-electron chi connectivity index (χ3n) is 2.24. The van der Waals surface area contributed by atoms with E-state index in [1.807, 2.05) is 13.8 Å². The minimum Gasteiger partial charge on any atom is -0.385 e. The first-order chi connectivity index (χ1) is 5.16. The van der Waals surface area contributed by atoms with Crippen LogP contribution in [-0.4, -0.2) is 25.6 Å². The fourth-order valence-corrected chi connectivity index (χ4v) is 1.21. The van der Waals surface area contributed by atoms with Gasteiger partial charge in [-0.3, -0.25) is 4.99 Å². The molecule has 0 saturated carbocycles. The highest BCUT2D eigenvalue weighted by Crippen LogP contribution is 2.19. The molecular formula is C8H18N2O. The summed E-state index contributed by atoms with van der Waals surface area (Å²) in [5.74, 6) is 0.588. The maximum absolute atomic E-state index is 5.71. The lowest BCUT2D eigenvalue weighted by atomic mass is 9.96. The predicted molar refractivity (Wildman–Crippen MR) is 47.9 cm³/mol. The highest BCUT2D eigenvalue weighted by atomic mass is 16.5. The molecule has 0 aromatic carbocycles. The van der Waals surface area contributed by atoms with Crippen LogP contribution in [0, 0.1) is 0 Å². The van der Waals surface area contributed by atoms with Crippen LogP contribution < -0.4 is 5.73 Å². The normalized spacial score (nSPS) is 13.6. The van der Waals surface area contributed by atoms with Crippen LogP contribution in [0.25, 0.3) is 0 Å². The zero-order valence-electron chi connectivity index (χ0n) is 7.85. The zero-order chi connectivity index (χ0) is 8.91. The van der Waals surface area contributed by atoms with Crippen LogP contribution in [0.3, 0.4) is 0 Å². The molecule has 0 saturated heterocycles. The Balaban J connectivity index is 4.54. The van der Waals surface area contributed by atoms with Crippen molar-refractivity contribution in [2.75, 3.05) is 14.2 Å². The van der Waals surface area contributed by atoms with Crippen molar-refractivity contribution in [3.8, 4) is 0 Å². The van der Waals surface area contributed by atoms with Crippen molar-refractivity contribution in [3.63, 3.8) is 0 Å². The summed E-state index contributed by atoms with van der Waals surface area (Å²) < 4.78 is 5.33. The first-order valence-corrected chi connectivity index (χ1v) is 3.94. The number of nitrogens with two attached hydrogens (primary N) is 1. The fraction of sp³-hybridized carbons (Fsp3) is 0.875. The number of hydrogen-bond acceptors (Lipinski definition) is 2. The molecule has 0 aromatic heterocycles. The van der Waals surface area contributed by atoms with E-state index in [2.05, 4.69) is 4.99 Å². The largest absolute Gasteiger partial charge is 0.385 e. The molecule has 0 rings (SSSR count). The van der Waals surface area contributed by atoms with Crippen LogP contribution >= 0.6 is 0 Å². The summed E-state index contributed by atoms with van der Waals surface area (Å²) in [5, 5.41) is 0. The van der Waals surface area contributed by atoms with Gasteiger partial charge in [-0.2, -0.15) is 0 Å². The Kier molecular flexibility index (Phi) is 4.11. The van der Waals surface area contributed by atoms with E-state index >= 15 is 0 Å². The van der Waals surface area contributed by atoms with Crippen LogP contribution in [0.15, 0.2) is 4.99 Å². The maximum atomic E-state index is 5.71. The molecule has 0 spiro atoms. The van der Waals surface area contributed by atoms with Gasteiger partial charge < -0.3 is 10.5 Å². The molecule has 0 bridgehead atoms. The molecule has 2 N–H and O–H groups in total.